The van der Waals surface area contributed by atoms with Crippen LogP contribution in [0.5, 0.6) is 0 Å². The highest BCUT2D eigenvalue weighted by Gasteiger charge is 2.39. The van der Waals surface area contributed by atoms with Crippen molar-refractivity contribution in [3.63, 3.8) is 0 Å². The first-order chi connectivity index (χ1) is 20.7. The lowest BCUT2D eigenvalue weighted by Gasteiger charge is -2.25. The summed E-state index contributed by atoms with van der Waals surface area (Å²) in [5, 5.41) is 0. The topological polar surface area (TPSA) is 38.7 Å². The summed E-state index contributed by atoms with van der Waals surface area (Å²) >= 11 is 0. The number of aryl methyl sites for hydroxylation is 1. The molecule has 8 rings (SSSR count). The second-order valence-corrected chi connectivity index (χ2v) is 13.0. The van der Waals surface area contributed by atoms with Crippen molar-refractivity contribution in [3.8, 4) is 56.4 Å². The number of fused-ring (bicyclic) bond motifs is 6. The van der Waals surface area contributed by atoms with Crippen LogP contribution in [0.1, 0.15) is 55.5 Å². The summed E-state index contributed by atoms with van der Waals surface area (Å²) < 4.78 is 0. The van der Waals surface area contributed by atoms with Gasteiger partial charge < -0.3 is 0 Å². The molecule has 0 radical (unpaired) electrons. The van der Waals surface area contributed by atoms with Gasteiger partial charge in [-0.2, -0.15) is 0 Å². The van der Waals surface area contributed by atoms with Crippen molar-refractivity contribution in [2.75, 3.05) is 0 Å². The van der Waals surface area contributed by atoms with E-state index in [9.17, 15) is 0 Å². The highest BCUT2D eigenvalue weighted by Crippen LogP contribution is 2.53. The maximum atomic E-state index is 5.31. The monoisotopic (exact) mass is 555 g/mol. The molecule has 2 aliphatic rings. The van der Waals surface area contributed by atoms with E-state index in [4.69, 9.17) is 15.0 Å². The molecule has 208 valence electrons. The molecule has 0 fully saturated rings. The van der Waals surface area contributed by atoms with E-state index >= 15 is 0 Å². The van der Waals surface area contributed by atoms with Gasteiger partial charge in [0.1, 0.15) is 0 Å². The molecule has 0 aliphatic heterocycles. The van der Waals surface area contributed by atoms with Gasteiger partial charge in [-0.15, -0.1) is 0 Å². The van der Waals surface area contributed by atoms with Gasteiger partial charge in [-0.05, 0) is 51.4 Å². The molecule has 0 amide bonds. The lowest BCUT2D eigenvalue weighted by Crippen LogP contribution is -2.18. The Labute approximate surface area is 253 Å². The SMILES string of the molecule is Cc1ccc(-c2nc(-c3cccc4c3C(C)(C)c3ccccc3-4)nc(-c3cccc4c3C(C)(C)c3ccccc3-4)n2)cc1. The predicted molar refractivity (Wildman–Crippen MR) is 176 cm³/mol. The minimum Gasteiger partial charge on any atom is -0.208 e. The van der Waals surface area contributed by atoms with Crippen LogP contribution in [0.25, 0.3) is 56.4 Å². The van der Waals surface area contributed by atoms with Gasteiger partial charge in [0.15, 0.2) is 17.5 Å². The number of hydrogen-bond acceptors (Lipinski definition) is 3. The molecule has 1 aromatic heterocycles. The minimum atomic E-state index is -0.184. The largest absolute Gasteiger partial charge is 0.208 e. The van der Waals surface area contributed by atoms with Crippen molar-refractivity contribution in [1.29, 1.82) is 0 Å². The number of hydrogen-bond donors (Lipinski definition) is 0. The van der Waals surface area contributed by atoms with Crippen molar-refractivity contribution < 1.29 is 0 Å². The molecule has 0 saturated heterocycles. The zero-order valence-electron chi connectivity index (χ0n) is 25.2. The second-order valence-electron chi connectivity index (χ2n) is 13.0. The van der Waals surface area contributed by atoms with Crippen LogP contribution < -0.4 is 0 Å². The predicted octanol–water partition coefficient (Wildman–Crippen LogP) is 9.79. The Bertz CT molecular complexity index is 1960. The van der Waals surface area contributed by atoms with Crippen LogP contribution in [0.4, 0.5) is 0 Å². The number of rotatable bonds is 3. The Morgan fingerprint density at radius 1 is 0.395 bits per heavy atom. The quantitative estimate of drug-likeness (QED) is 0.218. The lowest BCUT2D eigenvalue weighted by atomic mass is 9.79. The molecule has 1 heterocycles. The molecule has 2 aliphatic carbocycles. The van der Waals surface area contributed by atoms with E-state index in [1.54, 1.807) is 0 Å². The third-order valence-electron chi connectivity index (χ3n) is 9.59. The van der Waals surface area contributed by atoms with Gasteiger partial charge >= 0.3 is 0 Å². The normalized spacial score (nSPS) is 15.0. The average molecular weight is 556 g/mol. The zero-order chi connectivity index (χ0) is 29.5. The van der Waals surface area contributed by atoms with E-state index in [-0.39, 0.29) is 10.8 Å². The molecule has 0 spiro atoms. The molecule has 0 N–H and O–H groups in total. The maximum absolute atomic E-state index is 5.31. The smallest absolute Gasteiger partial charge is 0.164 e. The van der Waals surface area contributed by atoms with Crippen molar-refractivity contribution >= 4 is 0 Å². The Hall–Kier alpha value is -4.89. The van der Waals surface area contributed by atoms with Crippen LogP contribution in [0.3, 0.4) is 0 Å². The molecule has 6 aromatic rings. The van der Waals surface area contributed by atoms with Gasteiger partial charge in [-0.1, -0.05) is 142 Å². The molecular formula is C40H33N3. The van der Waals surface area contributed by atoms with E-state index in [1.807, 2.05) is 0 Å². The standard InChI is InChI=1S/C40H33N3/c1-24-20-22-25(23-21-24)36-41-37(30-16-10-14-28-26-12-6-8-18-32(26)39(2,3)34(28)30)43-38(42-36)31-17-11-15-29-27-13-7-9-19-33(27)40(4,5)35(29)31/h6-23H,1-5H3. The van der Waals surface area contributed by atoms with Crippen LogP contribution in [-0.2, 0) is 10.8 Å². The summed E-state index contributed by atoms with van der Waals surface area (Å²) in [5.74, 6) is 2.12. The van der Waals surface area contributed by atoms with Gasteiger partial charge in [0.2, 0.25) is 0 Å². The molecule has 0 atom stereocenters. The van der Waals surface area contributed by atoms with Crippen molar-refractivity contribution in [3.05, 3.63) is 137 Å². The molecule has 3 heteroatoms. The molecule has 0 saturated carbocycles. The fourth-order valence-corrected chi connectivity index (χ4v) is 7.52. The summed E-state index contributed by atoms with van der Waals surface area (Å²) in [6.45, 7) is 11.4. The fraction of sp³-hybridized carbons (Fsp3) is 0.175. The summed E-state index contributed by atoms with van der Waals surface area (Å²) in [6, 6.07) is 39.1. The van der Waals surface area contributed by atoms with Gasteiger partial charge in [-0.3, -0.25) is 0 Å². The highest BCUT2D eigenvalue weighted by molar-refractivity contribution is 5.89. The van der Waals surface area contributed by atoms with Crippen molar-refractivity contribution in [2.24, 2.45) is 0 Å². The zero-order valence-corrected chi connectivity index (χ0v) is 25.2. The van der Waals surface area contributed by atoms with Crippen molar-refractivity contribution in [1.82, 2.24) is 15.0 Å². The van der Waals surface area contributed by atoms with E-state index in [0.29, 0.717) is 17.5 Å². The van der Waals surface area contributed by atoms with Crippen LogP contribution >= 0.6 is 0 Å². The Balaban J connectivity index is 1.40. The minimum absolute atomic E-state index is 0.184. The summed E-state index contributed by atoms with van der Waals surface area (Å²) in [4.78, 5) is 15.7. The third-order valence-corrected chi connectivity index (χ3v) is 9.59. The van der Waals surface area contributed by atoms with Crippen LogP contribution in [0.2, 0.25) is 0 Å². The Kier molecular flexibility index (Phi) is 5.43. The van der Waals surface area contributed by atoms with E-state index in [2.05, 4.69) is 144 Å². The van der Waals surface area contributed by atoms with Crippen LogP contribution in [0, 0.1) is 6.92 Å². The molecule has 5 aromatic carbocycles. The first kappa shape index (κ1) is 25.8. The van der Waals surface area contributed by atoms with Gasteiger partial charge in [-0.25, -0.2) is 15.0 Å². The van der Waals surface area contributed by atoms with E-state index < -0.39 is 0 Å². The first-order valence-electron chi connectivity index (χ1n) is 15.1. The Morgan fingerprint density at radius 2 is 0.791 bits per heavy atom. The first-order valence-corrected chi connectivity index (χ1v) is 15.1. The number of benzene rings is 5. The van der Waals surface area contributed by atoms with Gasteiger partial charge in [0, 0.05) is 27.5 Å². The molecule has 0 bridgehead atoms. The van der Waals surface area contributed by atoms with Gasteiger partial charge in [0.05, 0.1) is 0 Å². The van der Waals surface area contributed by atoms with Gasteiger partial charge in [0.25, 0.3) is 0 Å². The Morgan fingerprint density at radius 3 is 1.28 bits per heavy atom. The van der Waals surface area contributed by atoms with Crippen molar-refractivity contribution in [2.45, 2.75) is 45.4 Å². The third kappa shape index (κ3) is 3.71. The van der Waals surface area contributed by atoms with E-state index in [0.717, 1.165) is 16.7 Å². The highest BCUT2D eigenvalue weighted by atomic mass is 15.0. The summed E-state index contributed by atoms with van der Waals surface area (Å²) in [5.41, 5.74) is 14.3. The average Bonchev–Trinajstić information content (AvgIpc) is 3.41. The molecule has 0 unspecified atom stereocenters. The second kappa shape index (κ2) is 9.05. The number of aromatic nitrogens is 3. The molecular weight excluding hydrogens is 522 g/mol. The lowest BCUT2D eigenvalue weighted by molar-refractivity contribution is 0.660. The summed E-state index contributed by atoms with van der Waals surface area (Å²) in [7, 11) is 0. The fourth-order valence-electron chi connectivity index (χ4n) is 7.52. The van der Waals surface area contributed by atoms with Crippen LogP contribution in [0.15, 0.2) is 109 Å². The maximum Gasteiger partial charge on any atom is 0.164 e. The van der Waals surface area contributed by atoms with E-state index in [1.165, 1.54) is 50.1 Å². The number of nitrogens with zero attached hydrogens (tertiary/aromatic N) is 3. The molecule has 43 heavy (non-hydrogen) atoms. The van der Waals surface area contributed by atoms with Crippen LogP contribution in [-0.4, -0.2) is 15.0 Å². The molecule has 3 nitrogen and oxygen atoms in total. The summed E-state index contributed by atoms with van der Waals surface area (Å²) in [6.07, 6.45) is 0.